The number of carbonyl (C=O) groups is 1. The minimum absolute atomic E-state index is 0.0548. The van der Waals surface area contributed by atoms with Crippen LogP contribution in [0.15, 0.2) is 42.0 Å². The van der Waals surface area contributed by atoms with Gasteiger partial charge in [0.05, 0.1) is 12.6 Å². The Morgan fingerprint density at radius 2 is 1.79 bits per heavy atom. The summed E-state index contributed by atoms with van der Waals surface area (Å²) in [5, 5.41) is 8.56. The van der Waals surface area contributed by atoms with Crippen molar-refractivity contribution in [1.82, 2.24) is 4.90 Å². The van der Waals surface area contributed by atoms with Crippen molar-refractivity contribution >= 4 is 11.5 Å². The number of halogens is 3. The number of alkyl halides is 1. The second-order valence-electron chi connectivity index (χ2n) is 10.8. The van der Waals surface area contributed by atoms with Crippen LogP contribution in [-0.2, 0) is 16.0 Å². The van der Waals surface area contributed by atoms with Crippen molar-refractivity contribution in [1.29, 1.82) is 0 Å². The van der Waals surface area contributed by atoms with Gasteiger partial charge in [0.15, 0.2) is 0 Å². The third-order valence-corrected chi connectivity index (χ3v) is 7.15. The maximum atomic E-state index is 15.7. The number of unbranched alkanes of at least 4 members (excludes halogenated alkanes) is 2. The minimum Gasteiger partial charge on any atom is -0.493 e. The molecule has 2 aromatic carbocycles. The van der Waals surface area contributed by atoms with Crippen LogP contribution in [0, 0.1) is 11.6 Å². The second-order valence-corrected chi connectivity index (χ2v) is 10.8. The van der Waals surface area contributed by atoms with Gasteiger partial charge in [0, 0.05) is 36.9 Å². The largest absolute Gasteiger partial charge is 0.493 e. The summed E-state index contributed by atoms with van der Waals surface area (Å²) in [7, 11) is 0. The monoisotopic (exact) mass is 531 g/mol. The molecule has 0 aromatic heterocycles. The van der Waals surface area contributed by atoms with E-state index in [1.54, 1.807) is 0 Å². The van der Waals surface area contributed by atoms with E-state index >= 15 is 8.78 Å². The number of hydrogen-bond donors (Lipinski definition) is 1. The molecule has 5 nitrogen and oxygen atoms in total. The number of carboxylic acid groups (broad SMARTS) is 1. The van der Waals surface area contributed by atoms with Crippen molar-refractivity contribution in [2.45, 2.75) is 70.6 Å². The third-order valence-electron chi connectivity index (χ3n) is 7.15. The average Bonchev–Trinajstić information content (AvgIpc) is 3.19. The van der Waals surface area contributed by atoms with Crippen LogP contribution < -0.4 is 4.74 Å². The van der Waals surface area contributed by atoms with Gasteiger partial charge in [-0.2, -0.15) is 0 Å². The molecule has 0 spiro atoms. The van der Waals surface area contributed by atoms with Crippen molar-refractivity contribution in [2.24, 2.45) is 0 Å². The fraction of sp³-hybridized carbons (Fsp3) is 0.500. The van der Waals surface area contributed by atoms with Crippen molar-refractivity contribution in [3.63, 3.8) is 0 Å². The van der Waals surface area contributed by atoms with Gasteiger partial charge >= 0.3 is 5.97 Å². The highest BCUT2D eigenvalue weighted by Crippen LogP contribution is 2.50. The molecule has 2 aliphatic rings. The molecule has 0 unspecified atom stereocenters. The predicted octanol–water partition coefficient (Wildman–Crippen LogP) is 6.51. The van der Waals surface area contributed by atoms with Crippen molar-refractivity contribution in [3.05, 3.63) is 70.3 Å². The number of nitrogens with zero attached hydrogens (tertiary/aromatic N) is 1. The zero-order chi connectivity index (χ0) is 27.4. The molecule has 0 amide bonds. The second kappa shape index (κ2) is 11.9. The summed E-state index contributed by atoms with van der Waals surface area (Å²) in [5.41, 5.74) is 2.69. The molecule has 1 N–H and O–H groups in total. The van der Waals surface area contributed by atoms with Crippen LogP contribution in [0.3, 0.4) is 0 Å². The molecule has 8 heteroatoms. The summed E-state index contributed by atoms with van der Waals surface area (Å²) in [6.45, 7) is 5.30. The van der Waals surface area contributed by atoms with E-state index in [4.69, 9.17) is 14.6 Å². The van der Waals surface area contributed by atoms with E-state index in [9.17, 15) is 9.18 Å². The van der Waals surface area contributed by atoms with Gasteiger partial charge in [-0.25, -0.2) is 18.0 Å². The maximum absolute atomic E-state index is 15.7. The SMILES string of the molecule is C[C@@H]1CC2=C(Cc3ccccc32)[C@@H](c2c(F)cc(OCCCCCOCC(=O)O)cc2F)N1CC(C)(C)F. The molecule has 38 heavy (non-hydrogen) atoms. The topological polar surface area (TPSA) is 59.0 Å². The number of aliphatic carboxylic acids is 1. The number of rotatable bonds is 12. The zero-order valence-electron chi connectivity index (χ0n) is 22.2. The molecule has 1 aliphatic carbocycles. The first kappa shape index (κ1) is 28.2. The summed E-state index contributed by atoms with van der Waals surface area (Å²) in [6, 6.07) is 9.66. The lowest BCUT2D eigenvalue weighted by molar-refractivity contribution is -0.142. The number of ether oxygens (including phenoxy) is 2. The predicted molar refractivity (Wildman–Crippen MR) is 140 cm³/mol. The van der Waals surface area contributed by atoms with Crippen molar-refractivity contribution in [3.8, 4) is 5.75 Å². The molecule has 206 valence electrons. The zero-order valence-corrected chi connectivity index (χ0v) is 22.2. The van der Waals surface area contributed by atoms with Gasteiger partial charge < -0.3 is 14.6 Å². The van der Waals surface area contributed by atoms with Crippen LogP contribution in [0.1, 0.15) is 69.2 Å². The first-order valence-electron chi connectivity index (χ1n) is 13.2. The highest BCUT2D eigenvalue weighted by Gasteiger charge is 2.42. The molecule has 0 radical (unpaired) electrons. The first-order chi connectivity index (χ1) is 18.0. The summed E-state index contributed by atoms with van der Waals surface area (Å²) in [6.07, 6.45) is 3.31. The van der Waals surface area contributed by atoms with Crippen LogP contribution >= 0.6 is 0 Å². The Labute approximate surface area is 222 Å². The average molecular weight is 532 g/mol. The van der Waals surface area contributed by atoms with Gasteiger partial charge in [0.2, 0.25) is 0 Å². The Hall–Kier alpha value is -2.84. The van der Waals surface area contributed by atoms with E-state index in [1.165, 1.54) is 26.0 Å². The van der Waals surface area contributed by atoms with Gasteiger partial charge in [0.25, 0.3) is 0 Å². The summed E-state index contributed by atoms with van der Waals surface area (Å²) in [5.74, 6) is -2.31. The van der Waals surface area contributed by atoms with Gasteiger partial charge in [-0.3, -0.25) is 4.90 Å². The fourth-order valence-electron chi connectivity index (χ4n) is 5.58. The molecule has 1 heterocycles. The summed E-state index contributed by atoms with van der Waals surface area (Å²) >= 11 is 0. The normalized spacial score (nSPS) is 19.4. The van der Waals surface area contributed by atoms with E-state index in [-0.39, 0.29) is 37.1 Å². The smallest absolute Gasteiger partial charge is 0.329 e. The van der Waals surface area contributed by atoms with E-state index in [1.807, 2.05) is 30.0 Å². The minimum atomic E-state index is -1.54. The summed E-state index contributed by atoms with van der Waals surface area (Å²) < 4.78 is 56.9. The number of fused-ring (bicyclic) bond motifs is 2. The lowest BCUT2D eigenvalue weighted by atomic mass is 9.84. The highest BCUT2D eigenvalue weighted by molar-refractivity contribution is 5.79. The number of benzene rings is 2. The highest BCUT2D eigenvalue weighted by atomic mass is 19.1. The van der Waals surface area contributed by atoms with Crippen LogP contribution in [0.25, 0.3) is 5.57 Å². The molecule has 0 saturated carbocycles. The van der Waals surface area contributed by atoms with Gasteiger partial charge in [-0.1, -0.05) is 24.3 Å². The molecular weight excluding hydrogens is 495 g/mol. The molecule has 0 saturated heterocycles. The van der Waals surface area contributed by atoms with Crippen molar-refractivity contribution < 1.29 is 32.5 Å². The maximum Gasteiger partial charge on any atom is 0.329 e. The quantitative estimate of drug-likeness (QED) is 0.317. The van der Waals surface area contributed by atoms with Gasteiger partial charge in [-0.15, -0.1) is 0 Å². The number of carboxylic acids is 1. The Balaban J connectivity index is 1.53. The molecular formula is C30H36F3NO4. The van der Waals surface area contributed by atoms with E-state index in [0.29, 0.717) is 32.3 Å². The van der Waals surface area contributed by atoms with Crippen LogP contribution in [-0.4, -0.2) is 54.1 Å². The van der Waals surface area contributed by atoms with E-state index < -0.39 is 29.3 Å². The molecule has 2 aromatic rings. The van der Waals surface area contributed by atoms with Crippen molar-refractivity contribution in [2.75, 3.05) is 26.4 Å². The van der Waals surface area contributed by atoms with Crippen LogP contribution in [0.5, 0.6) is 5.75 Å². The van der Waals surface area contributed by atoms with Gasteiger partial charge in [-0.05, 0) is 75.1 Å². The Bertz CT molecular complexity index is 1170. The Morgan fingerprint density at radius 1 is 1.11 bits per heavy atom. The third kappa shape index (κ3) is 6.59. The summed E-state index contributed by atoms with van der Waals surface area (Å²) in [4.78, 5) is 12.3. The standard InChI is InChI=1S/C30H36F3NO4/c1-19-13-23-22-10-6-5-9-20(22)14-24(23)29(34(19)18-30(2,3)33)28-25(31)15-21(16-26(28)32)38-12-8-4-7-11-37-17-27(35)36/h5-6,9-10,15-16,19,29H,4,7-8,11-14,17-18H2,1-3H3,(H,35,36)/t19-,29+/m1/s1. The molecule has 0 bridgehead atoms. The van der Waals surface area contributed by atoms with E-state index in [0.717, 1.165) is 28.7 Å². The van der Waals surface area contributed by atoms with Crippen LogP contribution in [0.4, 0.5) is 13.2 Å². The van der Waals surface area contributed by atoms with Gasteiger partial charge in [0.1, 0.15) is 29.7 Å². The molecule has 4 rings (SSSR count). The lowest BCUT2D eigenvalue weighted by Gasteiger charge is -2.44. The Kier molecular flexibility index (Phi) is 8.83. The fourth-order valence-corrected chi connectivity index (χ4v) is 5.58. The lowest BCUT2D eigenvalue weighted by Crippen LogP contribution is -2.47. The number of hydrogen-bond acceptors (Lipinski definition) is 4. The first-order valence-corrected chi connectivity index (χ1v) is 13.2. The molecule has 1 aliphatic heterocycles. The van der Waals surface area contributed by atoms with Crippen LogP contribution in [0.2, 0.25) is 0 Å². The van der Waals surface area contributed by atoms with E-state index in [2.05, 4.69) is 6.07 Å². The molecule has 2 atom stereocenters. The molecule has 0 fully saturated rings. The Morgan fingerprint density at radius 3 is 2.47 bits per heavy atom.